The van der Waals surface area contributed by atoms with E-state index in [0.29, 0.717) is 28.6 Å². The van der Waals surface area contributed by atoms with Crippen LogP contribution in [-0.2, 0) is 0 Å². The van der Waals surface area contributed by atoms with Gasteiger partial charge in [-0.3, -0.25) is 4.98 Å². The molecule has 0 saturated carbocycles. The van der Waals surface area contributed by atoms with Gasteiger partial charge in [-0.05, 0) is 11.6 Å². The number of para-hydroxylation sites is 1. The lowest BCUT2D eigenvalue weighted by Crippen LogP contribution is -2.17. The van der Waals surface area contributed by atoms with E-state index in [9.17, 15) is 4.39 Å². The zero-order valence-electron chi connectivity index (χ0n) is 18.5. The second kappa shape index (κ2) is 9.06. The first kappa shape index (κ1) is 21.8. The number of halogens is 1. The van der Waals surface area contributed by atoms with E-state index in [1.807, 2.05) is 31.3 Å². The van der Waals surface area contributed by atoms with Gasteiger partial charge < -0.3 is 10.6 Å². The standard InChI is InChI=1S/C24H21FN8S/c1-14(16-4-3-5-17-18(24(34)26-2)6-7-27-22(16)17)9-28-21-8-20(30-13-31-21)15-10-29-23-19(25)11-32-33(23)12-15/h3-8,10-14H,9H2,1-2H3,(H,26,34)(H,28,30,31). The molecule has 1 atom stereocenters. The summed E-state index contributed by atoms with van der Waals surface area (Å²) < 4.78 is 15.0. The van der Waals surface area contributed by atoms with Crippen LogP contribution in [0.4, 0.5) is 10.2 Å². The van der Waals surface area contributed by atoms with Gasteiger partial charge in [-0.2, -0.15) is 5.10 Å². The molecule has 1 unspecified atom stereocenters. The molecular formula is C24H21FN8S. The molecule has 8 nitrogen and oxygen atoms in total. The van der Waals surface area contributed by atoms with Crippen LogP contribution >= 0.6 is 12.2 Å². The number of pyridine rings is 1. The number of aromatic nitrogens is 6. The predicted molar refractivity (Wildman–Crippen MR) is 133 cm³/mol. The third kappa shape index (κ3) is 4.03. The Balaban J connectivity index is 1.37. The summed E-state index contributed by atoms with van der Waals surface area (Å²) in [5.41, 5.74) is 4.56. The number of hydrogen-bond donors (Lipinski definition) is 2. The summed E-state index contributed by atoms with van der Waals surface area (Å²) >= 11 is 5.46. The van der Waals surface area contributed by atoms with Crippen molar-refractivity contribution in [3.8, 4) is 11.3 Å². The Morgan fingerprint density at radius 1 is 1.15 bits per heavy atom. The van der Waals surface area contributed by atoms with Gasteiger partial charge in [0.15, 0.2) is 11.5 Å². The minimum atomic E-state index is -0.464. The molecule has 0 spiro atoms. The first-order valence-corrected chi connectivity index (χ1v) is 11.1. The lowest BCUT2D eigenvalue weighted by atomic mass is 9.96. The number of nitrogens with zero attached hydrogens (tertiary/aromatic N) is 6. The molecule has 0 amide bonds. The van der Waals surface area contributed by atoms with Crippen LogP contribution in [0.25, 0.3) is 27.8 Å². The minimum Gasteiger partial charge on any atom is -0.379 e. The van der Waals surface area contributed by atoms with Crippen LogP contribution in [0.1, 0.15) is 24.0 Å². The quantitative estimate of drug-likeness (QED) is 0.359. The van der Waals surface area contributed by atoms with Crippen molar-refractivity contribution < 1.29 is 4.39 Å². The van der Waals surface area contributed by atoms with Crippen LogP contribution in [0, 0.1) is 5.82 Å². The molecule has 0 bridgehead atoms. The number of benzene rings is 1. The smallest absolute Gasteiger partial charge is 0.191 e. The van der Waals surface area contributed by atoms with Crippen molar-refractivity contribution in [1.29, 1.82) is 0 Å². The van der Waals surface area contributed by atoms with Crippen LogP contribution in [0.2, 0.25) is 0 Å². The Hall–Kier alpha value is -4.05. The number of thiocarbonyl (C=S) groups is 1. The number of hydrogen-bond acceptors (Lipinski definition) is 7. The molecule has 1 aromatic carbocycles. The van der Waals surface area contributed by atoms with Crippen molar-refractivity contribution in [3.63, 3.8) is 0 Å². The average Bonchev–Trinajstić information content (AvgIpc) is 3.26. The van der Waals surface area contributed by atoms with Crippen molar-refractivity contribution in [1.82, 2.24) is 34.9 Å². The van der Waals surface area contributed by atoms with E-state index >= 15 is 0 Å². The molecule has 5 rings (SSSR count). The molecule has 4 aromatic heterocycles. The van der Waals surface area contributed by atoms with Crippen molar-refractivity contribution >= 4 is 39.6 Å². The summed E-state index contributed by atoms with van der Waals surface area (Å²) in [6, 6.07) is 9.92. The summed E-state index contributed by atoms with van der Waals surface area (Å²) in [4.78, 5) is 18.1. The Labute approximate surface area is 200 Å². The minimum absolute atomic E-state index is 0.151. The van der Waals surface area contributed by atoms with E-state index in [0.717, 1.165) is 28.2 Å². The first-order chi connectivity index (χ1) is 16.5. The van der Waals surface area contributed by atoms with Crippen LogP contribution in [0.15, 0.2) is 61.4 Å². The van der Waals surface area contributed by atoms with E-state index in [4.69, 9.17) is 12.2 Å². The number of fused-ring (bicyclic) bond motifs is 2. The Morgan fingerprint density at radius 3 is 2.88 bits per heavy atom. The highest BCUT2D eigenvalue weighted by Crippen LogP contribution is 2.27. The second-order valence-electron chi connectivity index (χ2n) is 7.85. The van der Waals surface area contributed by atoms with E-state index in [-0.39, 0.29) is 11.6 Å². The Morgan fingerprint density at radius 2 is 2.03 bits per heavy atom. The van der Waals surface area contributed by atoms with Gasteiger partial charge in [0.2, 0.25) is 0 Å². The van der Waals surface area contributed by atoms with E-state index in [1.54, 1.807) is 18.6 Å². The normalized spacial score (nSPS) is 12.1. The van der Waals surface area contributed by atoms with Gasteiger partial charge in [0.25, 0.3) is 0 Å². The van der Waals surface area contributed by atoms with Crippen LogP contribution < -0.4 is 10.6 Å². The molecule has 0 aliphatic rings. The molecule has 0 fully saturated rings. The molecule has 2 N–H and O–H groups in total. The monoisotopic (exact) mass is 472 g/mol. The number of rotatable bonds is 6. The molecule has 10 heteroatoms. The molecule has 0 radical (unpaired) electrons. The molecular weight excluding hydrogens is 451 g/mol. The topological polar surface area (TPSA) is 92.9 Å². The fraction of sp³-hybridized carbons (Fsp3) is 0.167. The molecule has 0 aliphatic carbocycles. The maximum absolute atomic E-state index is 13.6. The summed E-state index contributed by atoms with van der Waals surface area (Å²) in [6.07, 6.45) is 7.68. The van der Waals surface area contributed by atoms with E-state index in [1.165, 1.54) is 10.8 Å². The molecule has 0 saturated heterocycles. The summed E-state index contributed by atoms with van der Waals surface area (Å²) in [7, 11) is 1.82. The zero-order chi connectivity index (χ0) is 23.7. The Bertz CT molecular complexity index is 1520. The van der Waals surface area contributed by atoms with E-state index < -0.39 is 5.82 Å². The van der Waals surface area contributed by atoms with Gasteiger partial charge in [-0.1, -0.05) is 37.3 Å². The fourth-order valence-corrected chi connectivity index (χ4v) is 4.06. The van der Waals surface area contributed by atoms with Gasteiger partial charge in [-0.25, -0.2) is 23.9 Å². The van der Waals surface area contributed by atoms with Gasteiger partial charge in [0.1, 0.15) is 17.1 Å². The summed E-state index contributed by atoms with van der Waals surface area (Å²) in [6.45, 7) is 2.78. The summed E-state index contributed by atoms with van der Waals surface area (Å²) in [5, 5.41) is 11.4. The molecule has 34 heavy (non-hydrogen) atoms. The van der Waals surface area contributed by atoms with Crippen molar-refractivity contribution in [2.75, 3.05) is 18.9 Å². The predicted octanol–water partition coefficient (Wildman–Crippen LogP) is 3.98. The zero-order valence-corrected chi connectivity index (χ0v) is 19.3. The maximum Gasteiger partial charge on any atom is 0.191 e. The lowest BCUT2D eigenvalue weighted by molar-refractivity contribution is 0.636. The highest BCUT2D eigenvalue weighted by Gasteiger charge is 2.14. The van der Waals surface area contributed by atoms with Gasteiger partial charge >= 0.3 is 0 Å². The van der Waals surface area contributed by atoms with Crippen LogP contribution in [0.5, 0.6) is 0 Å². The third-order valence-corrected chi connectivity index (χ3v) is 6.09. The Kier molecular flexibility index (Phi) is 5.81. The fourth-order valence-electron chi connectivity index (χ4n) is 3.89. The van der Waals surface area contributed by atoms with Gasteiger partial charge in [0.05, 0.1) is 17.4 Å². The van der Waals surface area contributed by atoms with Crippen molar-refractivity contribution in [3.05, 3.63) is 78.4 Å². The summed E-state index contributed by atoms with van der Waals surface area (Å²) in [5.74, 6) is 0.361. The van der Waals surface area contributed by atoms with Gasteiger partial charge in [0, 0.05) is 60.7 Å². The molecule has 4 heterocycles. The molecule has 0 aliphatic heterocycles. The van der Waals surface area contributed by atoms with Gasteiger partial charge in [-0.15, -0.1) is 0 Å². The number of anilines is 1. The second-order valence-corrected chi connectivity index (χ2v) is 8.26. The first-order valence-electron chi connectivity index (χ1n) is 10.7. The average molecular weight is 473 g/mol. The maximum atomic E-state index is 13.6. The number of nitrogens with one attached hydrogen (secondary N) is 2. The highest BCUT2D eigenvalue weighted by molar-refractivity contribution is 7.80. The molecule has 170 valence electrons. The van der Waals surface area contributed by atoms with Crippen LogP contribution in [0.3, 0.4) is 0 Å². The highest BCUT2D eigenvalue weighted by atomic mass is 32.1. The van der Waals surface area contributed by atoms with Crippen molar-refractivity contribution in [2.24, 2.45) is 0 Å². The third-order valence-electron chi connectivity index (χ3n) is 5.67. The SMILES string of the molecule is CNC(=S)c1ccnc2c(C(C)CNc3cc(-c4cnc5c(F)cnn5c4)ncn3)cccc12. The van der Waals surface area contributed by atoms with Crippen molar-refractivity contribution in [2.45, 2.75) is 12.8 Å². The lowest BCUT2D eigenvalue weighted by Gasteiger charge is -2.17. The van der Waals surface area contributed by atoms with E-state index in [2.05, 4.69) is 48.7 Å². The largest absolute Gasteiger partial charge is 0.379 e. The molecule has 5 aromatic rings. The van der Waals surface area contributed by atoms with Crippen LogP contribution in [-0.4, -0.2) is 48.1 Å².